The molecule has 0 spiro atoms. The Balaban J connectivity index is 2.19. The minimum absolute atomic E-state index is 0.187. The van der Waals surface area contributed by atoms with Crippen molar-refractivity contribution in [2.24, 2.45) is 0 Å². The predicted molar refractivity (Wildman–Crippen MR) is 76.2 cm³/mol. The maximum atomic E-state index is 11.1. The average Bonchev–Trinajstić information content (AvgIpc) is 2.51. The first-order valence-corrected chi connectivity index (χ1v) is 6.80. The van der Waals surface area contributed by atoms with E-state index < -0.39 is 0 Å². The van der Waals surface area contributed by atoms with E-state index in [1.807, 2.05) is 0 Å². The van der Waals surface area contributed by atoms with Crippen LogP contribution in [0.5, 0.6) is 0 Å². The van der Waals surface area contributed by atoms with Gasteiger partial charge in [-0.2, -0.15) is 0 Å². The Bertz CT molecular complexity index is 450. The monoisotopic (exact) mass is 245 g/mol. The van der Waals surface area contributed by atoms with Crippen molar-refractivity contribution in [2.45, 2.75) is 52.0 Å². The molecule has 1 atom stereocenters. The van der Waals surface area contributed by atoms with Crippen molar-refractivity contribution in [3.8, 4) is 0 Å². The molecule has 0 aromatic heterocycles. The second-order valence-corrected chi connectivity index (χ2v) is 5.91. The maximum absolute atomic E-state index is 11.1. The van der Waals surface area contributed by atoms with Gasteiger partial charge in [0, 0.05) is 30.1 Å². The first kappa shape index (κ1) is 13.1. The van der Waals surface area contributed by atoms with Gasteiger partial charge in [-0.25, -0.2) is 0 Å². The largest absolute Gasteiger partial charge is 0.368 e. The molecule has 1 aromatic rings. The highest BCUT2D eigenvalue weighted by Gasteiger charge is 2.40. The molecule has 0 saturated heterocycles. The second kappa shape index (κ2) is 4.75. The van der Waals surface area contributed by atoms with E-state index >= 15 is 0 Å². The summed E-state index contributed by atoms with van der Waals surface area (Å²) in [4.78, 5) is 13.5. The van der Waals surface area contributed by atoms with Crippen molar-refractivity contribution in [1.29, 1.82) is 0 Å². The number of anilines is 1. The maximum Gasteiger partial charge on any atom is 0.129 e. The first-order valence-electron chi connectivity index (χ1n) is 6.80. The number of carbonyl (C=O) groups excluding carboxylic acids is 1. The third-order valence-electron chi connectivity index (χ3n) is 4.35. The zero-order valence-corrected chi connectivity index (χ0v) is 11.9. The number of para-hydroxylation sites is 1. The molecule has 2 nitrogen and oxygen atoms in total. The van der Waals surface area contributed by atoms with E-state index in [1.54, 1.807) is 6.92 Å². The molecule has 0 N–H and O–H groups in total. The van der Waals surface area contributed by atoms with Gasteiger partial charge in [-0.3, -0.25) is 0 Å². The van der Waals surface area contributed by atoms with Gasteiger partial charge in [0.15, 0.2) is 0 Å². The van der Waals surface area contributed by atoms with Gasteiger partial charge in [0.05, 0.1) is 0 Å². The van der Waals surface area contributed by atoms with E-state index in [9.17, 15) is 4.79 Å². The smallest absolute Gasteiger partial charge is 0.129 e. The van der Waals surface area contributed by atoms with Crippen molar-refractivity contribution in [3.63, 3.8) is 0 Å². The summed E-state index contributed by atoms with van der Waals surface area (Å²) in [6, 6.07) is 9.14. The quantitative estimate of drug-likeness (QED) is 0.808. The third kappa shape index (κ3) is 2.16. The van der Waals surface area contributed by atoms with Gasteiger partial charge in [0.25, 0.3) is 0 Å². The Kier molecular flexibility index (Phi) is 3.47. The van der Waals surface area contributed by atoms with Crippen molar-refractivity contribution in [2.75, 3.05) is 11.4 Å². The lowest BCUT2D eigenvalue weighted by molar-refractivity contribution is -0.117. The number of carbonyl (C=O) groups is 1. The van der Waals surface area contributed by atoms with Gasteiger partial charge in [-0.05, 0) is 31.9 Å². The minimum Gasteiger partial charge on any atom is -0.368 e. The highest BCUT2D eigenvalue weighted by atomic mass is 16.1. The van der Waals surface area contributed by atoms with E-state index in [0.717, 1.165) is 13.0 Å². The van der Waals surface area contributed by atoms with Crippen LogP contribution >= 0.6 is 0 Å². The molecular weight excluding hydrogens is 222 g/mol. The molecule has 1 aliphatic heterocycles. The summed E-state index contributed by atoms with van der Waals surface area (Å²) in [6.45, 7) is 9.54. The number of fused-ring (bicyclic) bond motifs is 1. The molecule has 1 aromatic carbocycles. The number of ketones is 1. The van der Waals surface area contributed by atoms with Gasteiger partial charge in [-0.1, -0.05) is 32.0 Å². The molecule has 18 heavy (non-hydrogen) atoms. The summed E-state index contributed by atoms with van der Waals surface area (Å²) in [7, 11) is 0. The van der Waals surface area contributed by atoms with Crippen LogP contribution in [0.15, 0.2) is 24.3 Å². The fourth-order valence-corrected chi connectivity index (χ4v) is 2.90. The number of Topliss-reactive ketones (excluding diaryl/α,β-unsaturated/α-hetero) is 1. The number of rotatable bonds is 4. The highest BCUT2D eigenvalue weighted by molar-refractivity contribution is 5.75. The summed E-state index contributed by atoms with van der Waals surface area (Å²) in [5.41, 5.74) is 2.96. The summed E-state index contributed by atoms with van der Waals surface area (Å²) in [5, 5.41) is 0. The Morgan fingerprint density at radius 1 is 1.33 bits per heavy atom. The Labute approximate surface area is 110 Å². The predicted octanol–water partition coefficient (Wildman–Crippen LogP) is 3.54. The van der Waals surface area contributed by atoms with Crippen LogP contribution in [0, 0.1) is 0 Å². The van der Waals surface area contributed by atoms with Gasteiger partial charge in [0.2, 0.25) is 0 Å². The van der Waals surface area contributed by atoms with E-state index in [-0.39, 0.29) is 11.2 Å². The fourth-order valence-electron chi connectivity index (χ4n) is 2.90. The molecule has 0 radical (unpaired) electrons. The van der Waals surface area contributed by atoms with Crippen LogP contribution in [0.2, 0.25) is 0 Å². The molecule has 1 aliphatic rings. The second-order valence-electron chi connectivity index (χ2n) is 5.91. The van der Waals surface area contributed by atoms with Crippen LogP contribution < -0.4 is 4.90 Å². The molecule has 0 aliphatic carbocycles. The molecule has 98 valence electrons. The summed E-state index contributed by atoms with van der Waals surface area (Å²) < 4.78 is 0. The van der Waals surface area contributed by atoms with Crippen molar-refractivity contribution in [3.05, 3.63) is 29.8 Å². The molecular formula is C16H23NO. The zero-order chi connectivity index (χ0) is 13.3. The highest BCUT2D eigenvalue weighted by Crippen LogP contribution is 2.44. The van der Waals surface area contributed by atoms with Crippen molar-refractivity contribution in [1.82, 2.24) is 0 Å². The van der Waals surface area contributed by atoms with E-state index in [4.69, 9.17) is 0 Å². The van der Waals surface area contributed by atoms with Crippen LogP contribution in [0.25, 0.3) is 0 Å². The summed E-state index contributed by atoms with van der Waals surface area (Å²) in [5.74, 6) is 0.286. The molecule has 0 fully saturated rings. The van der Waals surface area contributed by atoms with Gasteiger partial charge in [0.1, 0.15) is 5.78 Å². The average molecular weight is 245 g/mol. The van der Waals surface area contributed by atoms with E-state index in [2.05, 4.69) is 49.9 Å². The minimum atomic E-state index is 0.187. The van der Waals surface area contributed by atoms with E-state index in [0.29, 0.717) is 12.5 Å². The lowest BCUT2D eigenvalue weighted by atomic mass is 9.81. The number of hydrogen-bond acceptors (Lipinski definition) is 2. The molecule has 1 unspecified atom stereocenters. The van der Waals surface area contributed by atoms with Crippen LogP contribution in [-0.2, 0) is 10.2 Å². The van der Waals surface area contributed by atoms with Gasteiger partial charge < -0.3 is 9.69 Å². The first-order chi connectivity index (χ1) is 8.44. The molecule has 0 bridgehead atoms. The third-order valence-corrected chi connectivity index (χ3v) is 4.35. The molecule has 0 saturated carbocycles. The lowest BCUT2D eigenvalue weighted by Crippen LogP contribution is -2.39. The normalized spacial score (nSPS) is 20.9. The number of benzene rings is 1. The lowest BCUT2D eigenvalue weighted by Gasteiger charge is -2.31. The Hall–Kier alpha value is -1.31. The number of hydrogen-bond donors (Lipinski definition) is 0. The molecule has 2 heteroatoms. The molecule has 2 rings (SSSR count). The van der Waals surface area contributed by atoms with Crippen LogP contribution in [0.1, 0.15) is 46.1 Å². The van der Waals surface area contributed by atoms with Gasteiger partial charge in [-0.15, -0.1) is 0 Å². The van der Waals surface area contributed by atoms with E-state index in [1.165, 1.54) is 11.3 Å². The SMILES string of the molecule is CC(=O)CCCN1c2ccccc2C(C)(C)C1C. The van der Waals surface area contributed by atoms with Gasteiger partial charge >= 0.3 is 0 Å². The van der Waals surface area contributed by atoms with Crippen molar-refractivity contribution >= 4 is 11.5 Å². The number of nitrogens with zero attached hydrogens (tertiary/aromatic N) is 1. The zero-order valence-electron chi connectivity index (χ0n) is 11.9. The van der Waals surface area contributed by atoms with Crippen molar-refractivity contribution < 1.29 is 4.79 Å². The standard InChI is InChI=1S/C16H23NO/c1-12(18)8-7-11-17-13(2)16(3,4)14-9-5-6-10-15(14)17/h5-6,9-10,13H,7-8,11H2,1-4H3. The molecule has 1 heterocycles. The Morgan fingerprint density at radius 3 is 2.67 bits per heavy atom. The Morgan fingerprint density at radius 2 is 2.00 bits per heavy atom. The summed E-state index contributed by atoms with van der Waals surface area (Å²) >= 11 is 0. The fraction of sp³-hybridized carbons (Fsp3) is 0.562. The van der Waals surface area contributed by atoms with Crippen LogP contribution in [0.4, 0.5) is 5.69 Å². The topological polar surface area (TPSA) is 20.3 Å². The van der Waals surface area contributed by atoms with Crippen LogP contribution in [-0.4, -0.2) is 18.4 Å². The molecule has 0 amide bonds. The summed E-state index contributed by atoms with van der Waals surface area (Å²) in [6.07, 6.45) is 1.63. The van der Waals surface area contributed by atoms with Crippen LogP contribution in [0.3, 0.4) is 0 Å².